The van der Waals surface area contributed by atoms with Gasteiger partial charge >= 0.3 is 0 Å². The minimum absolute atomic E-state index is 0.0711. The van der Waals surface area contributed by atoms with E-state index in [9.17, 15) is 4.79 Å². The second-order valence-corrected chi connectivity index (χ2v) is 7.67. The predicted octanol–water partition coefficient (Wildman–Crippen LogP) is 3.91. The molecule has 3 heterocycles. The lowest BCUT2D eigenvalue weighted by Crippen LogP contribution is -2.35. The van der Waals surface area contributed by atoms with Crippen LogP contribution in [0.2, 0.25) is 0 Å². The van der Waals surface area contributed by atoms with Gasteiger partial charge in [0.15, 0.2) is 11.1 Å². The molecule has 0 spiro atoms. The Balaban J connectivity index is 1.51. The number of hydrogen-bond donors (Lipinski definition) is 0. The van der Waals surface area contributed by atoms with Gasteiger partial charge in [0.25, 0.3) is 5.91 Å². The number of hydrogen-bond acceptors (Lipinski definition) is 6. The van der Waals surface area contributed by atoms with Crippen molar-refractivity contribution in [3.8, 4) is 0 Å². The maximum Gasteiger partial charge on any atom is 0.266 e. The highest BCUT2D eigenvalue weighted by Gasteiger charge is 2.30. The van der Waals surface area contributed by atoms with Crippen LogP contribution in [0.5, 0.6) is 0 Å². The highest BCUT2D eigenvalue weighted by molar-refractivity contribution is 8.18. The third-order valence-electron chi connectivity index (χ3n) is 4.78. The molecule has 2 fully saturated rings. The van der Waals surface area contributed by atoms with Gasteiger partial charge in [-0.1, -0.05) is 19.1 Å². The first-order chi connectivity index (χ1) is 13.6. The Morgan fingerprint density at radius 2 is 1.89 bits per heavy atom. The van der Waals surface area contributed by atoms with Crippen molar-refractivity contribution >= 4 is 40.5 Å². The number of aliphatic imine (C=N–C) groups is 1. The van der Waals surface area contributed by atoms with Crippen molar-refractivity contribution in [3.05, 3.63) is 52.6 Å². The van der Waals surface area contributed by atoms with Crippen LogP contribution in [-0.4, -0.2) is 49.3 Å². The van der Waals surface area contributed by atoms with E-state index in [0.29, 0.717) is 29.0 Å². The Labute approximate surface area is 168 Å². The van der Waals surface area contributed by atoms with Crippen LogP contribution < -0.4 is 4.90 Å². The van der Waals surface area contributed by atoms with Crippen LogP contribution in [0.15, 0.2) is 50.7 Å². The summed E-state index contributed by atoms with van der Waals surface area (Å²) in [5, 5.41) is 0.667. The van der Waals surface area contributed by atoms with Crippen LogP contribution in [0.4, 0.5) is 11.6 Å². The normalized spacial score (nSPS) is 20.6. The van der Waals surface area contributed by atoms with Crippen molar-refractivity contribution in [1.29, 1.82) is 0 Å². The Morgan fingerprint density at radius 3 is 2.61 bits per heavy atom. The van der Waals surface area contributed by atoms with Gasteiger partial charge in [-0.15, -0.1) is 0 Å². The van der Waals surface area contributed by atoms with E-state index >= 15 is 0 Å². The van der Waals surface area contributed by atoms with Gasteiger partial charge in [0, 0.05) is 32.3 Å². The van der Waals surface area contributed by atoms with Crippen LogP contribution in [0.25, 0.3) is 6.08 Å². The zero-order chi connectivity index (χ0) is 19.5. The van der Waals surface area contributed by atoms with Crippen LogP contribution in [-0.2, 0) is 16.0 Å². The molecule has 146 valence electrons. The summed E-state index contributed by atoms with van der Waals surface area (Å²) in [5.41, 5.74) is 2.11. The van der Waals surface area contributed by atoms with Crippen molar-refractivity contribution in [1.82, 2.24) is 4.90 Å². The van der Waals surface area contributed by atoms with E-state index in [1.807, 2.05) is 24.3 Å². The first-order valence-electron chi connectivity index (χ1n) is 9.42. The van der Waals surface area contributed by atoms with E-state index in [0.717, 1.165) is 31.1 Å². The van der Waals surface area contributed by atoms with Gasteiger partial charge in [-0.2, -0.15) is 0 Å². The van der Waals surface area contributed by atoms with E-state index in [1.165, 1.54) is 17.3 Å². The van der Waals surface area contributed by atoms with Crippen molar-refractivity contribution in [2.75, 3.05) is 38.3 Å². The van der Waals surface area contributed by atoms with E-state index in [2.05, 4.69) is 28.9 Å². The molecule has 6 nitrogen and oxygen atoms in total. The smallest absolute Gasteiger partial charge is 0.266 e. The molecule has 2 aromatic rings. The number of nitrogens with zero attached hydrogens (tertiary/aromatic N) is 3. The summed E-state index contributed by atoms with van der Waals surface area (Å²) in [4.78, 5) is 21.6. The molecule has 2 aliphatic heterocycles. The third-order valence-corrected chi connectivity index (χ3v) is 5.84. The summed E-state index contributed by atoms with van der Waals surface area (Å²) in [7, 11) is 1.75. The van der Waals surface area contributed by atoms with Crippen LogP contribution in [0.3, 0.4) is 0 Å². The highest BCUT2D eigenvalue weighted by atomic mass is 32.2. The van der Waals surface area contributed by atoms with Crippen molar-refractivity contribution in [2.24, 2.45) is 4.99 Å². The summed E-state index contributed by atoms with van der Waals surface area (Å²) in [6.07, 6.45) is 2.78. The lowest BCUT2D eigenvalue weighted by Gasteiger charge is -2.26. The summed E-state index contributed by atoms with van der Waals surface area (Å²) in [6, 6.07) is 11.9. The molecule has 2 aliphatic rings. The molecular weight excluding hydrogens is 374 g/mol. The Bertz CT molecular complexity index is 911. The fraction of sp³-hybridized carbons (Fsp3) is 0.333. The molecule has 0 atom stereocenters. The van der Waals surface area contributed by atoms with E-state index in [1.54, 1.807) is 18.0 Å². The maximum atomic E-state index is 12.6. The number of aryl methyl sites for hydroxylation is 1. The monoisotopic (exact) mass is 397 g/mol. The average Bonchev–Trinajstić information content (AvgIpc) is 3.30. The summed E-state index contributed by atoms with van der Waals surface area (Å²) < 4.78 is 11.3. The number of thioether (sulfide) groups is 1. The second kappa shape index (κ2) is 8.24. The number of amides is 1. The standard InChI is InChI=1S/C21H23N3O3S/c1-3-15-4-6-16(7-5-15)22-21-23(2)20(25)18(28-21)14-17-8-9-19(27-17)24-10-12-26-13-11-24/h4-9,14H,3,10-13H2,1-2H3/b18-14+,22-21?. The Morgan fingerprint density at radius 1 is 1.14 bits per heavy atom. The lowest BCUT2D eigenvalue weighted by molar-refractivity contribution is -0.121. The molecule has 1 amide bonds. The van der Waals surface area contributed by atoms with Gasteiger partial charge in [-0.05, 0) is 41.9 Å². The largest absolute Gasteiger partial charge is 0.441 e. The topological polar surface area (TPSA) is 58.3 Å². The number of carbonyl (C=O) groups is 1. The number of likely N-dealkylation sites (N-methyl/N-ethyl adjacent to an activating group) is 1. The Kier molecular flexibility index (Phi) is 5.54. The van der Waals surface area contributed by atoms with Crippen LogP contribution in [0.1, 0.15) is 18.2 Å². The molecule has 0 bridgehead atoms. The first kappa shape index (κ1) is 18.8. The molecule has 0 unspecified atom stereocenters. The summed E-state index contributed by atoms with van der Waals surface area (Å²) in [6.45, 7) is 5.15. The van der Waals surface area contributed by atoms with E-state index in [-0.39, 0.29) is 5.91 Å². The number of anilines is 1. The molecule has 1 aromatic heterocycles. The predicted molar refractivity (Wildman–Crippen MR) is 113 cm³/mol. The molecular formula is C21H23N3O3S. The third kappa shape index (κ3) is 4.00. The van der Waals surface area contributed by atoms with Crippen LogP contribution >= 0.6 is 11.8 Å². The molecule has 0 saturated carbocycles. The second-order valence-electron chi connectivity index (χ2n) is 6.66. The maximum absolute atomic E-state index is 12.6. The number of ether oxygens (including phenoxy) is 1. The molecule has 4 rings (SSSR count). The van der Waals surface area contributed by atoms with Crippen molar-refractivity contribution in [3.63, 3.8) is 0 Å². The first-order valence-corrected chi connectivity index (χ1v) is 10.2. The molecule has 2 saturated heterocycles. The van der Waals surface area contributed by atoms with Gasteiger partial charge in [0.1, 0.15) is 5.76 Å². The minimum Gasteiger partial charge on any atom is -0.441 e. The molecule has 1 aromatic carbocycles. The number of amidine groups is 1. The lowest BCUT2D eigenvalue weighted by atomic mass is 10.2. The van der Waals surface area contributed by atoms with E-state index < -0.39 is 0 Å². The zero-order valence-electron chi connectivity index (χ0n) is 16.1. The van der Waals surface area contributed by atoms with Gasteiger partial charge in [0.2, 0.25) is 0 Å². The molecule has 7 heteroatoms. The van der Waals surface area contributed by atoms with Crippen LogP contribution in [0, 0.1) is 0 Å². The number of carbonyl (C=O) groups excluding carboxylic acids is 1. The summed E-state index contributed by atoms with van der Waals surface area (Å²) in [5.74, 6) is 1.40. The summed E-state index contributed by atoms with van der Waals surface area (Å²) >= 11 is 1.37. The van der Waals surface area contributed by atoms with E-state index in [4.69, 9.17) is 9.15 Å². The average molecular weight is 398 g/mol. The van der Waals surface area contributed by atoms with Crippen molar-refractivity contribution in [2.45, 2.75) is 13.3 Å². The van der Waals surface area contributed by atoms with Gasteiger partial charge in [-0.3, -0.25) is 9.69 Å². The fourth-order valence-corrected chi connectivity index (χ4v) is 4.04. The SMILES string of the molecule is CCc1ccc(N=C2S/C(=C/c3ccc(N4CCOCC4)o3)C(=O)N2C)cc1. The highest BCUT2D eigenvalue weighted by Crippen LogP contribution is 2.34. The fourth-order valence-electron chi connectivity index (χ4n) is 3.07. The van der Waals surface area contributed by atoms with Gasteiger partial charge in [0.05, 0.1) is 23.8 Å². The van der Waals surface area contributed by atoms with Crippen molar-refractivity contribution < 1.29 is 13.9 Å². The number of morpholine rings is 1. The zero-order valence-corrected chi connectivity index (χ0v) is 16.9. The number of benzene rings is 1. The molecule has 28 heavy (non-hydrogen) atoms. The quantitative estimate of drug-likeness (QED) is 0.732. The van der Waals surface area contributed by atoms with Gasteiger partial charge in [-0.25, -0.2) is 4.99 Å². The minimum atomic E-state index is -0.0711. The molecule has 0 aliphatic carbocycles. The molecule has 0 radical (unpaired) electrons. The number of rotatable bonds is 4. The number of furan rings is 1. The molecule has 0 N–H and O–H groups in total. The Hall–Kier alpha value is -2.51. The van der Waals surface area contributed by atoms with Gasteiger partial charge < -0.3 is 14.1 Å².